The Morgan fingerprint density at radius 3 is 2.32 bits per heavy atom. The van der Waals surface area contributed by atoms with Crippen LogP contribution in [0.1, 0.15) is 50.5 Å². The Labute approximate surface area is 131 Å². The molecule has 1 aromatic carbocycles. The van der Waals surface area contributed by atoms with Crippen molar-refractivity contribution in [3.8, 4) is 0 Å². The highest BCUT2D eigenvalue weighted by Crippen LogP contribution is 2.32. The molecule has 0 aliphatic heterocycles. The van der Waals surface area contributed by atoms with Gasteiger partial charge in [0.15, 0.2) is 0 Å². The van der Waals surface area contributed by atoms with E-state index in [-0.39, 0.29) is 17.7 Å². The van der Waals surface area contributed by atoms with E-state index in [4.69, 9.17) is 0 Å². The van der Waals surface area contributed by atoms with Crippen LogP contribution in [-0.4, -0.2) is 11.8 Å². The van der Waals surface area contributed by atoms with Gasteiger partial charge in [0, 0.05) is 23.7 Å². The third kappa shape index (κ3) is 3.67. The lowest BCUT2D eigenvalue weighted by molar-refractivity contribution is -0.118. The van der Waals surface area contributed by atoms with E-state index in [0.29, 0.717) is 12.3 Å². The minimum Gasteiger partial charge on any atom is -0.326 e. The molecule has 1 aromatic rings. The van der Waals surface area contributed by atoms with Crippen molar-refractivity contribution in [2.24, 2.45) is 11.8 Å². The Morgan fingerprint density at radius 1 is 1.05 bits per heavy atom. The molecule has 4 nitrogen and oxygen atoms in total. The van der Waals surface area contributed by atoms with Crippen molar-refractivity contribution in [2.75, 3.05) is 10.6 Å². The monoisotopic (exact) mass is 300 g/mol. The highest BCUT2D eigenvalue weighted by Gasteiger charge is 2.30. The number of benzene rings is 1. The van der Waals surface area contributed by atoms with E-state index in [9.17, 15) is 9.59 Å². The van der Waals surface area contributed by atoms with Crippen molar-refractivity contribution in [1.82, 2.24) is 0 Å². The number of carbonyl (C=O) groups is 2. The number of rotatable bonds is 5. The molecular formula is C18H24N2O2. The summed E-state index contributed by atoms with van der Waals surface area (Å²) in [5.41, 5.74) is 2.53. The molecule has 0 bridgehead atoms. The van der Waals surface area contributed by atoms with Gasteiger partial charge in [0.05, 0.1) is 0 Å². The Morgan fingerprint density at radius 2 is 1.68 bits per heavy atom. The molecule has 2 aliphatic rings. The van der Waals surface area contributed by atoms with Gasteiger partial charge >= 0.3 is 0 Å². The summed E-state index contributed by atoms with van der Waals surface area (Å²) >= 11 is 0. The molecule has 0 unspecified atom stereocenters. The van der Waals surface area contributed by atoms with E-state index in [2.05, 4.69) is 10.6 Å². The number of anilines is 2. The van der Waals surface area contributed by atoms with Gasteiger partial charge in [0.2, 0.25) is 11.8 Å². The second-order valence-corrected chi connectivity index (χ2v) is 6.64. The molecule has 22 heavy (non-hydrogen) atoms. The molecule has 0 aromatic heterocycles. The van der Waals surface area contributed by atoms with Crippen molar-refractivity contribution < 1.29 is 9.59 Å². The van der Waals surface area contributed by atoms with Gasteiger partial charge in [-0.05, 0) is 56.2 Å². The Kier molecular flexibility index (Phi) is 4.46. The van der Waals surface area contributed by atoms with Gasteiger partial charge in [-0.2, -0.15) is 0 Å². The van der Waals surface area contributed by atoms with Crippen LogP contribution < -0.4 is 10.6 Å². The summed E-state index contributed by atoms with van der Waals surface area (Å²) in [6, 6.07) is 5.66. The van der Waals surface area contributed by atoms with Crippen molar-refractivity contribution >= 4 is 23.2 Å². The van der Waals surface area contributed by atoms with Gasteiger partial charge in [0.25, 0.3) is 0 Å². The van der Waals surface area contributed by atoms with Crippen LogP contribution in [0.5, 0.6) is 0 Å². The van der Waals surface area contributed by atoms with Gasteiger partial charge in [0.1, 0.15) is 0 Å². The predicted octanol–water partition coefficient (Wildman–Crippen LogP) is 3.86. The number of amides is 2. The highest BCUT2D eigenvalue weighted by molar-refractivity contribution is 5.97. The normalized spacial score (nSPS) is 18.2. The van der Waals surface area contributed by atoms with Crippen LogP contribution in [0.15, 0.2) is 18.2 Å². The molecule has 0 spiro atoms. The first-order valence-electron chi connectivity index (χ1n) is 8.34. The number of carbonyl (C=O) groups excluding carboxylic acids is 2. The molecule has 2 N–H and O–H groups in total. The van der Waals surface area contributed by atoms with Crippen molar-refractivity contribution in [3.63, 3.8) is 0 Å². The number of hydrogen-bond donors (Lipinski definition) is 2. The van der Waals surface area contributed by atoms with Crippen LogP contribution in [0.3, 0.4) is 0 Å². The summed E-state index contributed by atoms with van der Waals surface area (Å²) in [5, 5.41) is 5.97. The lowest BCUT2D eigenvalue weighted by Gasteiger charge is -2.14. The molecule has 0 saturated heterocycles. The van der Waals surface area contributed by atoms with Crippen molar-refractivity contribution in [1.29, 1.82) is 0 Å². The standard InChI is InChI=1S/C18H24N2O2/c1-12-15(19-17(21)11-13-5-2-3-6-13)7-4-8-16(12)20-18(22)14-9-10-14/h4,7-8,13-14H,2-3,5-6,9-11H2,1H3,(H,19,21)(H,20,22). The summed E-state index contributed by atoms with van der Waals surface area (Å²) in [4.78, 5) is 24.1. The fourth-order valence-electron chi connectivity index (χ4n) is 3.16. The maximum Gasteiger partial charge on any atom is 0.227 e. The van der Waals surface area contributed by atoms with Crippen molar-refractivity contribution in [3.05, 3.63) is 23.8 Å². The SMILES string of the molecule is Cc1c(NC(=O)CC2CCCC2)cccc1NC(=O)C1CC1. The van der Waals surface area contributed by atoms with Crippen LogP contribution in [0, 0.1) is 18.8 Å². The maximum atomic E-state index is 12.2. The second-order valence-electron chi connectivity index (χ2n) is 6.64. The summed E-state index contributed by atoms with van der Waals surface area (Å²) < 4.78 is 0. The molecule has 2 saturated carbocycles. The van der Waals surface area contributed by atoms with Crippen LogP contribution in [0.2, 0.25) is 0 Å². The summed E-state index contributed by atoms with van der Waals surface area (Å²) in [7, 11) is 0. The molecule has 2 amide bonds. The first kappa shape index (κ1) is 15.1. The van der Waals surface area contributed by atoms with Gasteiger partial charge in [-0.25, -0.2) is 0 Å². The Bertz CT molecular complexity index is 572. The molecule has 118 valence electrons. The molecule has 0 radical (unpaired) electrons. The second kappa shape index (κ2) is 6.51. The van der Waals surface area contributed by atoms with Gasteiger partial charge in [-0.1, -0.05) is 18.9 Å². The van der Waals surface area contributed by atoms with E-state index in [1.165, 1.54) is 25.7 Å². The van der Waals surface area contributed by atoms with E-state index in [1.807, 2.05) is 25.1 Å². The van der Waals surface area contributed by atoms with Crippen molar-refractivity contribution in [2.45, 2.75) is 51.9 Å². The third-order valence-electron chi connectivity index (χ3n) is 4.76. The zero-order chi connectivity index (χ0) is 15.5. The van der Waals surface area contributed by atoms with Crippen LogP contribution >= 0.6 is 0 Å². The van der Waals surface area contributed by atoms with E-state index in [0.717, 1.165) is 29.8 Å². The third-order valence-corrected chi connectivity index (χ3v) is 4.76. The topological polar surface area (TPSA) is 58.2 Å². The predicted molar refractivity (Wildman–Crippen MR) is 87.7 cm³/mol. The summed E-state index contributed by atoms with van der Waals surface area (Å²) in [6.07, 6.45) is 7.43. The molecule has 3 rings (SSSR count). The van der Waals surface area contributed by atoms with Crippen LogP contribution in [0.4, 0.5) is 11.4 Å². The highest BCUT2D eigenvalue weighted by atomic mass is 16.2. The average molecular weight is 300 g/mol. The Balaban J connectivity index is 1.62. The zero-order valence-corrected chi connectivity index (χ0v) is 13.2. The lowest BCUT2D eigenvalue weighted by atomic mass is 10.0. The zero-order valence-electron chi connectivity index (χ0n) is 13.2. The molecule has 0 heterocycles. The van der Waals surface area contributed by atoms with Gasteiger partial charge in [-0.15, -0.1) is 0 Å². The van der Waals surface area contributed by atoms with Crippen LogP contribution in [-0.2, 0) is 9.59 Å². The average Bonchev–Trinajstić information content (AvgIpc) is 3.22. The maximum absolute atomic E-state index is 12.2. The quantitative estimate of drug-likeness (QED) is 0.867. The summed E-state index contributed by atoms with van der Waals surface area (Å²) in [5.74, 6) is 0.899. The molecule has 2 aliphatic carbocycles. The molecule has 4 heteroatoms. The molecule has 0 atom stereocenters. The van der Waals surface area contributed by atoms with E-state index >= 15 is 0 Å². The largest absolute Gasteiger partial charge is 0.326 e. The first-order chi connectivity index (χ1) is 10.6. The smallest absolute Gasteiger partial charge is 0.227 e. The fourth-order valence-corrected chi connectivity index (χ4v) is 3.16. The minimum atomic E-state index is 0.0840. The van der Waals surface area contributed by atoms with E-state index < -0.39 is 0 Å². The number of nitrogens with one attached hydrogen (secondary N) is 2. The first-order valence-corrected chi connectivity index (χ1v) is 8.34. The molecule has 2 fully saturated rings. The van der Waals surface area contributed by atoms with E-state index in [1.54, 1.807) is 0 Å². The fraction of sp³-hybridized carbons (Fsp3) is 0.556. The Hall–Kier alpha value is -1.84. The number of hydrogen-bond acceptors (Lipinski definition) is 2. The minimum absolute atomic E-state index is 0.0840. The lowest BCUT2D eigenvalue weighted by Crippen LogP contribution is -2.17. The van der Waals surface area contributed by atoms with Gasteiger partial charge in [-0.3, -0.25) is 9.59 Å². The molecular weight excluding hydrogens is 276 g/mol. The van der Waals surface area contributed by atoms with Gasteiger partial charge < -0.3 is 10.6 Å². The summed E-state index contributed by atoms with van der Waals surface area (Å²) in [6.45, 7) is 1.94. The van der Waals surface area contributed by atoms with Crippen LogP contribution in [0.25, 0.3) is 0 Å².